The lowest BCUT2D eigenvalue weighted by molar-refractivity contribution is -0.141. The summed E-state index contributed by atoms with van der Waals surface area (Å²) in [5.74, 6) is -2.17. The molecule has 0 aliphatic rings. The highest BCUT2D eigenvalue weighted by atomic mass is 16.4. The fraction of sp³-hybridized carbons (Fsp3) is 0.438. The molecule has 0 saturated carbocycles. The lowest BCUT2D eigenvalue weighted by atomic mass is 10.0. The molecule has 0 saturated heterocycles. The van der Waals surface area contributed by atoms with Gasteiger partial charge in [-0.25, -0.2) is 0 Å². The van der Waals surface area contributed by atoms with Crippen molar-refractivity contribution in [3.63, 3.8) is 0 Å². The van der Waals surface area contributed by atoms with E-state index in [0.29, 0.717) is 5.56 Å². The molecule has 6 heteroatoms. The van der Waals surface area contributed by atoms with Gasteiger partial charge >= 0.3 is 5.97 Å². The Morgan fingerprint density at radius 1 is 1.00 bits per heavy atom. The van der Waals surface area contributed by atoms with Crippen LogP contribution in [0.1, 0.15) is 36.7 Å². The molecule has 0 bridgehead atoms. The van der Waals surface area contributed by atoms with Gasteiger partial charge in [-0.15, -0.1) is 0 Å². The van der Waals surface area contributed by atoms with Crippen LogP contribution in [0.5, 0.6) is 0 Å². The van der Waals surface area contributed by atoms with E-state index in [1.807, 2.05) is 19.1 Å². The molecule has 1 aromatic carbocycles. The maximum Gasteiger partial charge on any atom is 0.325 e. The van der Waals surface area contributed by atoms with Gasteiger partial charge in [0.05, 0.1) is 0 Å². The normalized spacial score (nSPS) is 13.3. The van der Waals surface area contributed by atoms with Gasteiger partial charge in [0.15, 0.2) is 0 Å². The molecule has 6 nitrogen and oxygen atoms in total. The summed E-state index contributed by atoms with van der Waals surface area (Å²) in [7, 11) is 0. The molecule has 0 spiro atoms. The number of hydrogen-bond acceptors (Lipinski definition) is 3. The minimum Gasteiger partial charge on any atom is -0.480 e. The number of carbonyl (C=O) groups is 3. The Morgan fingerprint density at radius 2 is 1.55 bits per heavy atom. The standard InChI is InChI=1S/C16H22N2O4/c1-9(2)13(15(20)17-11(4)16(21)22)18-14(19)12-7-5-10(3)6-8-12/h5-9,11,13H,1-4H3,(H,17,20)(H,18,19)(H,21,22)/t11-,13-/m0/s1. The fourth-order valence-corrected chi connectivity index (χ4v) is 1.83. The highest BCUT2D eigenvalue weighted by Crippen LogP contribution is 2.07. The zero-order valence-electron chi connectivity index (χ0n) is 13.2. The van der Waals surface area contributed by atoms with Gasteiger partial charge in [-0.3, -0.25) is 14.4 Å². The first-order valence-corrected chi connectivity index (χ1v) is 7.13. The first-order valence-electron chi connectivity index (χ1n) is 7.13. The third kappa shape index (κ3) is 4.87. The molecule has 3 N–H and O–H groups in total. The maximum absolute atomic E-state index is 12.2. The molecule has 0 heterocycles. The quantitative estimate of drug-likeness (QED) is 0.739. The van der Waals surface area contributed by atoms with E-state index in [2.05, 4.69) is 10.6 Å². The fourth-order valence-electron chi connectivity index (χ4n) is 1.83. The number of carboxylic acid groups (broad SMARTS) is 1. The molecular formula is C16H22N2O4. The highest BCUT2D eigenvalue weighted by molar-refractivity contribution is 5.98. The summed E-state index contributed by atoms with van der Waals surface area (Å²) in [5.41, 5.74) is 1.49. The number of aliphatic carboxylic acids is 1. The molecular weight excluding hydrogens is 284 g/mol. The maximum atomic E-state index is 12.2. The minimum absolute atomic E-state index is 0.171. The van der Waals surface area contributed by atoms with Crippen LogP contribution in [0.15, 0.2) is 24.3 Å². The second kappa shape index (κ2) is 7.59. The molecule has 120 valence electrons. The van der Waals surface area contributed by atoms with Crippen LogP contribution in [0.4, 0.5) is 0 Å². The Hall–Kier alpha value is -2.37. The summed E-state index contributed by atoms with van der Waals surface area (Å²) >= 11 is 0. The third-order valence-electron chi connectivity index (χ3n) is 3.28. The predicted octanol–water partition coefficient (Wildman–Crippen LogP) is 1.34. The average molecular weight is 306 g/mol. The summed E-state index contributed by atoms with van der Waals surface area (Å²) < 4.78 is 0. The van der Waals surface area contributed by atoms with E-state index in [1.54, 1.807) is 26.0 Å². The number of rotatable bonds is 6. The van der Waals surface area contributed by atoms with Crippen LogP contribution in [0, 0.1) is 12.8 Å². The van der Waals surface area contributed by atoms with Crippen molar-refractivity contribution in [2.24, 2.45) is 5.92 Å². The lowest BCUT2D eigenvalue weighted by Crippen LogP contribution is -2.53. The Balaban J connectivity index is 2.79. The average Bonchev–Trinajstić information content (AvgIpc) is 2.44. The van der Waals surface area contributed by atoms with Gasteiger partial charge in [0.1, 0.15) is 12.1 Å². The van der Waals surface area contributed by atoms with Crippen molar-refractivity contribution < 1.29 is 19.5 Å². The zero-order valence-corrected chi connectivity index (χ0v) is 13.2. The van der Waals surface area contributed by atoms with E-state index in [-0.39, 0.29) is 11.8 Å². The largest absolute Gasteiger partial charge is 0.480 e. The molecule has 22 heavy (non-hydrogen) atoms. The summed E-state index contributed by atoms with van der Waals surface area (Å²) in [6.45, 7) is 6.86. The van der Waals surface area contributed by atoms with Crippen LogP contribution >= 0.6 is 0 Å². The SMILES string of the molecule is Cc1ccc(C(=O)N[C@H](C(=O)N[C@@H](C)C(=O)O)C(C)C)cc1. The van der Waals surface area contributed by atoms with Gasteiger partial charge in [0.25, 0.3) is 5.91 Å². The van der Waals surface area contributed by atoms with E-state index < -0.39 is 24.0 Å². The van der Waals surface area contributed by atoms with Gasteiger partial charge < -0.3 is 15.7 Å². The van der Waals surface area contributed by atoms with Crippen LogP contribution in [0.25, 0.3) is 0 Å². The number of carboxylic acids is 1. The Morgan fingerprint density at radius 3 is 2.00 bits per heavy atom. The molecule has 0 aliphatic heterocycles. The zero-order chi connectivity index (χ0) is 16.9. The minimum atomic E-state index is -1.12. The Bertz CT molecular complexity index is 552. The number of aryl methyl sites for hydroxylation is 1. The van der Waals surface area contributed by atoms with Crippen LogP contribution in [0.2, 0.25) is 0 Å². The number of hydrogen-bond donors (Lipinski definition) is 3. The van der Waals surface area contributed by atoms with E-state index in [4.69, 9.17) is 5.11 Å². The van der Waals surface area contributed by atoms with Crippen LogP contribution in [-0.2, 0) is 9.59 Å². The van der Waals surface area contributed by atoms with Crippen LogP contribution in [-0.4, -0.2) is 35.0 Å². The van der Waals surface area contributed by atoms with Gasteiger partial charge in [-0.1, -0.05) is 31.5 Å². The van der Waals surface area contributed by atoms with Crippen molar-refractivity contribution in [3.8, 4) is 0 Å². The summed E-state index contributed by atoms with van der Waals surface area (Å²) in [6, 6.07) is 5.18. The van der Waals surface area contributed by atoms with Crippen molar-refractivity contribution in [3.05, 3.63) is 35.4 Å². The molecule has 0 unspecified atom stereocenters. The van der Waals surface area contributed by atoms with E-state index >= 15 is 0 Å². The number of nitrogens with one attached hydrogen (secondary N) is 2. The molecule has 1 rings (SSSR count). The summed E-state index contributed by atoms with van der Waals surface area (Å²) in [6.07, 6.45) is 0. The molecule has 0 aliphatic carbocycles. The van der Waals surface area contributed by atoms with Gasteiger partial charge in [-0.05, 0) is 31.9 Å². The smallest absolute Gasteiger partial charge is 0.325 e. The van der Waals surface area contributed by atoms with E-state index in [9.17, 15) is 14.4 Å². The summed E-state index contributed by atoms with van der Waals surface area (Å²) in [4.78, 5) is 35.1. The van der Waals surface area contributed by atoms with Crippen molar-refractivity contribution in [2.75, 3.05) is 0 Å². The van der Waals surface area contributed by atoms with Crippen molar-refractivity contribution in [1.82, 2.24) is 10.6 Å². The highest BCUT2D eigenvalue weighted by Gasteiger charge is 2.27. The molecule has 2 atom stereocenters. The molecule has 0 fully saturated rings. The van der Waals surface area contributed by atoms with Crippen LogP contribution in [0.3, 0.4) is 0 Å². The second-order valence-electron chi connectivity index (χ2n) is 5.63. The molecule has 1 aromatic rings. The third-order valence-corrected chi connectivity index (χ3v) is 3.28. The first-order chi connectivity index (χ1) is 10.2. The number of benzene rings is 1. The summed E-state index contributed by atoms with van der Waals surface area (Å²) in [5, 5.41) is 13.9. The Labute approximate surface area is 129 Å². The predicted molar refractivity (Wildman–Crippen MR) is 82.5 cm³/mol. The second-order valence-corrected chi connectivity index (χ2v) is 5.63. The van der Waals surface area contributed by atoms with E-state index in [0.717, 1.165) is 5.56 Å². The molecule has 0 aromatic heterocycles. The van der Waals surface area contributed by atoms with Crippen LogP contribution < -0.4 is 10.6 Å². The molecule has 0 radical (unpaired) electrons. The topological polar surface area (TPSA) is 95.5 Å². The monoisotopic (exact) mass is 306 g/mol. The van der Waals surface area contributed by atoms with Crippen molar-refractivity contribution in [2.45, 2.75) is 39.8 Å². The van der Waals surface area contributed by atoms with Gasteiger partial charge in [-0.2, -0.15) is 0 Å². The number of carbonyl (C=O) groups excluding carboxylic acids is 2. The lowest BCUT2D eigenvalue weighted by Gasteiger charge is -2.23. The number of amides is 2. The van der Waals surface area contributed by atoms with Crippen molar-refractivity contribution >= 4 is 17.8 Å². The van der Waals surface area contributed by atoms with Gasteiger partial charge in [0, 0.05) is 5.56 Å². The van der Waals surface area contributed by atoms with Crippen molar-refractivity contribution in [1.29, 1.82) is 0 Å². The first kappa shape index (κ1) is 17.7. The van der Waals surface area contributed by atoms with Gasteiger partial charge in [0.2, 0.25) is 5.91 Å². The molecule has 2 amide bonds. The van der Waals surface area contributed by atoms with E-state index in [1.165, 1.54) is 6.92 Å². The Kier molecular flexibility index (Phi) is 6.10.